The fraction of sp³-hybridized carbons (Fsp3) is 0.0588. The number of hydrogen-bond acceptors (Lipinski definition) is 5. The Hall–Kier alpha value is -2.51. The molecule has 0 saturated heterocycles. The van der Waals surface area contributed by atoms with Crippen LogP contribution in [0.15, 0.2) is 62.6 Å². The average Bonchev–Trinajstić information content (AvgIpc) is 3.07. The lowest BCUT2D eigenvalue weighted by Crippen LogP contribution is -2.21. The van der Waals surface area contributed by atoms with Crippen LogP contribution < -0.4 is 5.56 Å². The Balaban J connectivity index is 1.68. The fourth-order valence-electron chi connectivity index (χ4n) is 2.45. The van der Waals surface area contributed by atoms with Gasteiger partial charge in [0.2, 0.25) is 11.7 Å². The zero-order valence-corrected chi connectivity index (χ0v) is 15.0. The molecular formula is C17H10BrClN4O2. The van der Waals surface area contributed by atoms with E-state index in [1.807, 2.05) is 18.2 Å². The van der Waals surface area contributed by atoms with Gasteiger partial charge in [0.15, 0.2) is 0 Å². The van der Waals surface area contributed by atoms with Gasteiger partial charge < -0.3 is 4.52 Å². The summed E-state index contributed by atoms with van der Waals surface area (Å²) >= 11 is 9.34. The topological polar surface area (TPSA) is 73.8 Å². The molecule has 0 radical (unpaired) electrons. The Kier molecular flexibility index (Phi) is 4.10. The van der Waals surface area contributed by atoms with E-state index in [9.17, 15) is 4.79 Å². The summed E-state index contributed by atoms with van der Waals surface area (Å²) in [6, 6.07) is 12.5. The minimum Gasteiger partial charge on any atom is -0.337 e. The zero-order chi connectivity index (χ0) is 17.4. The maximum absolute atomic E-state index is 12.6. The molecule has 8 heteroatoms. The summed E-state index contributed by atoms with van der Waals surface area (Å²) < 4.78 is 7.50. The molecule has 0 aliphatic heterocycles. The van der Waals surface area contributed by atoms with Crippen LogP contribution in [-0.4, -0.2) is 19.7 Å². The monoisotopic (exact) mass is 416 g/mol. The Labute approximate surface area is 155 Å². The number of aromatic nitrogens is 4. The van der Waals surface area contributed by atoms with Gasteiger partial charge in [-0.15, -0.1) is 0 Å². The normalized spacial score (nSPS) is 11.1. The third kappa shape index (κ3) is 3.20. The summed E-state index contributed by atoms with van der Waals surface area (Å²) in [5.41, 5.74) is 1.21. The Morgan fingerprint density at radius 1 is 1.20 bits per heavy atom. The van der Waals surface area contributed by atoms with Gasteiger partial charge in [-0.3, -0.25) is 9.36 Å². The summed E-state index contributed by atoms with van der Waals surface area (Å²) in [5.74, 6) is 0.732. The van der Waals surface area contributed by atoms with Crippen molar-refractivity contribution in [1.82, 2.24) is 19.7 Å². The van der Waals surface area contributed by atoms with Crippen molar-refractivity contribution < 1.29 is 4.52 Å². The minimum absolute atomic E-state index is 0.141. The van der Waals surface area contributed by atoms with Crippen molar-refractivity contribution in [3.8, 4) is 11.4 Å². The average molecular weight is 418 g/mol. The Morgan fingerprint density at radius 3 is 2.92 bits per heavy atom. The van der Waals surface area contributed by atoms with Crippen molar-refractivity contribution >= 4 is 38.4 Å². The maximum atomic E-state index is 12.6. The number of benzene rings is 2. The van der Waals surface area contributed by atoms with Gasteiger partial charge in [-0.1, -0.05) is 44.8 Å². The fourth-order valence-corrected chi connectivity index (χ4v) is 3.00. The molecule has 2 heterocycles. The smallest absolute Gasteiger partial charge is 0.261 e. The minimum atomic E-state index is -0.172. The van der Waals surface area contributed by atoms with Crippen LogP contribution in [-0.2, 0) is 6.54 Å². The number of rotatable bonds is 3. The highest BCUT2D eigenvalue weighted by atomic mass is 79.9. The van der Waals surface area contributed by atoms with Gasteiger partial charge in [0.05, 0.1) is 17.2 Å². The van der Waals surface area contributed by atoms with E-state index in [2.05, 4.69) is 31.1 Å². The van der Waals surface area contributed by atoms with Crippen molar-refractivity contribution in [3.63, 3.8) is 0 Å². The molecule has 2 aromatic heterocycles. The van der Waals surface area contributed by atoms with Crippen LogP contribution in [0.3, 0.4) is 0 Å². The second kappa shape index (κ2) is 6.42. The van der Waals surface area contributed by atoms with Crippen LogP contribution in [0.1, 0.15) is 5.89 Å². The van der Waals surface area contributed by atoms with E-state index < -0.39 is 0 Å². The van der Waals surface area contributed by atoms with Crippen LogP contribution in [0.25, 0.3) is 22.3 Å². The van der Waals surface area contributed by atoms with E-state index in [0.717, 1.165) is 10.0 Å². The maximum Gasteiger partial charge on any atom is 0.261 e. The molecule has 0 unspecified atom stereocenters. The van der Waals surface area contributed by atoms with E-state index in [1.165, 1.54) is 10.9 Å². The van der Waals surface area contributed by atoms with Gasteiger partial charge >= 0.3 is 0 Å². The third-order valence-corrected chi connectivity index (χ3v) is 4.37. The lowest BCUT2D eigenvalue weighted by molar-refractivity contribution is 0.369. The van der Waals surface area contributed by atoms with Gasteiger partial charge in [0.1, 0.15) is 6.54 Å². The lowest BCUT2D eigenvalue weighted by atomic mass is 10.2. The molecule has 0 atom stereocenters. The highest BCUT2D eigenvalue weighted by Gasteiger charge is 2.12. The SMILES string of the molecule is O=c1c2cc(Br)ccc2ncn1Cc1nc(-c2cccc(Cl)c2)no1. The van der Waals surface area contributed by atoms with Crippen molar-refractivity contribution in [2.45, 2.75) is 6.54 Å². The molecule has 6 nitrogen and oxygen atoms in total. The number of nitrogens with zero attached hydrogens (tertiary/aromatic N) is 4. The van der Waals surface area contributed by atoms with Crippen LogP contribution in [0.4, 0.5) is 0 Å². The summed E-state index contributed by atoms with van der Waals surface area (Å²) in [6.07, 6.45) is 1.47. The Bertz CT molecular complexity index is 1140. The van der Waals surface area contributed by atoms with Crippen molar-refractivity contribution in [1.29, 1.82) is 0 Å². The molecular weight excluding hydrogens is 408 g/mol. The second-order valence-electron chi connectivity index (χ2n) is 5.36. The van der Waals surface area contributed by atoms with Gasteiger partial charge in [-0.25, -0.2) is 4.98 Å². The highest BCUT2D eigenvalue weighted by molar-refractivity contribution is 9.10. The first-order chi connectivity index (χ1) is 12.1. The Morgan fingerprint density at radius 2 is 2.08 bits per heavy atom. The van der Waals surface area contributed by atoms with Crippen molar-refractivity contribution in [2.75, 3.05) is 0 Å². The first-order valence-electron chi connectivity index (χ1n) is 7.33. The van der Waals surface area contributed by atoms with Gasteiger partial charge in [-0.2, -0.15) is 4.98 Å². The molecule has 0 N–H and O–H groups in total. The van der Waals surface area contributed by atoms with Gasteiger partial charge in [0.25, 0.3) is 5.56 Å². The van der Waals surface area contributed by atoms with E-state index in [1.54, 1.807) is 24.3 Å². The molecule has 4 aromatic rings. The van der Waals surface area contributed by atoms with E-state index in [0.29, 0.717) is 27.6 Å². The van der Waals surface area contributed by atoms with Crippen LogP contribution in [0.2, 0.25) is 5.02 Å². The summed E-state index contributed by atoms with van der Waals surface area (Å²) in [7, 11) is 0. The van der Waals surface area contributed by atoms with Gasteiger partial charge in [0, 0.05) is 15.1 Å². The highest BCUT2D eigenvalue weighted by Crippen LogP contribution is 2.20. The molecule has 4 rings (SSSR count). The molecule has 0 bridgehead atoms. The number of halogens is 2. The number of hydrogen-bond donors (Lipinski definition) is 0. The molecule has 0 saturated carbocycles. The van der Waals surface area contributed by atoms with E-state index >= 15 is 0 Å². The van der Waals surface area contributed by atoms with Crippen LogP contribution in [0, 0.1) is 0 Å². The largest absolute Gasteiger partial charge is 0.337 e. The van der Waals surface area contributed by atoms with E-state index in [-0.39, 0.29) is 12.1 Å². The van der Waals surface area contributed by atoms with Crippen molar-refractivity contribution in [2.24, 2.45) is 0 Å². The first-order valence-corrected chi connectivity index (χ1v) is 8.50. The zero-order valence-electron chi connectivity index (χ0n) is 12.7. The van der Waals surface area contributed by atoms with Crippen LogP contribution >= 0.6 is 27.5 Å². The standard InChI is InChI=1S/C17H10BrClN4O2/c18-11-4-5-14-13(7-11)17(24)23(9-20-14)8-15-21-16(22-25-15)10-2-1-3-12(19)6-10/h1-7,9H,8H2. The van der Waals surface area contributed by atoms with Gasteiger partial charge in [-0.05, 0) is 30.3 Å². The molecule has 0 spiro atoms. The molecule has 25 heavy (non-hydrogen) atoms. The first kappa shape index (κ1) is 16.0. The van der Waals surface area contributed by atoms with Crippen molar-refractivity contribution in [3.05, 3.63) is 74.5 Å². The van der Waals surface area contributed by atoms with E-state index in [4.69, 9.17) is 16.1 Å². The molecule has 0 aliphatic rings. The quantitative estimate of drug-likeness (QED) is 0.505. The second-order valence-corrected chi connectivity index (χ2v) is 6.71. The number of fused-ring (bicyclic) bond motifs is 1. The van der Waals surface area contributed by atoms with Crippen LogP contribution in [0.5, 0.6) is 0 Å². The predicted molar refractivity (Wildman–Crippen MR) is 97.5 cm³/mol. The molecule has 0 amide bonds. The summed E-state index contributed by atoms with van der Waals surface area (Å²) in [4.78, 5) is 21.2. The molecule has 124 valence electrons. The predicted octanol–water partition coefficient (Wildman–Crippen LogP) is 3.91. The third-order valence-electron chi connectivity index (χ3n) is 3.64. The summed E-state index contributed by atoms with van der Waals surface area (Å²) in [5, 5.41) is 5.05. The molecule has 0 fully saturated rings. The summed E-state index contributed by atoms with van der Waals surface area (Å²) in [6.45, 7) is 0.141. The molecule has 2 aromatic carbocycles. The molecule has 0 aliphatic carbocycles. The lowest BCUT2D eigenvalue weighted by Gasteiger charge is -2.03.